The van der Waals surface area contributed by atoms with Crippen LogP contribution in [-0.2, 0) is 10.1 Å². The number of fused-ring (bicyclic) bond motifs is 2. The van der Waals surface area contributed by atoms with Gasteiger partial charge >= 0.3 is 0 Å². The molecule has 0 spiro atoms. The minimum atomic E-state index is -4.00. The number of para-hydroxylation sites is 2. The summed E-state index contributed by atoms with van der Waals surface area (Å²) in [5.74, 6) is 0. The normalized spacial score (nSPS) is 11.1. The first-order valence-electron chi connectivity index (χ1n) is 7.40. The molecule has 0 bridgehead atoms. The third kappa shape index (κ3) is 3.76. The maximum atomic E-state index is 12.0. The fourth-order valence-electron chi connectivity index (χ4n) is 2.34. The fraction of sp³-hybridized carbons (Fsp3) is 0. The van der Waals surface area contributed by atoms with Crippen LogP contribution in [0.2, 0.25) is 0 Å². The first-order valence-corrected chi connectivity index (χ1v) is 8.84. The molecule has 4 rings (SSSR count). The highest BCUT2D eigenvalue weighted by molar-refractivity contribution is 7.85. The first kappa shape index (κ1) is 16.9. The average Bonchev–Trinajstić information content (AvgIpc) is 2.63. The molecule has 3 aromatic carbocycles. The summed E-state index contributed by atoms with van der Waals surface area (Å²) in [6.07, 6.45) is 0. The van der Waals surface area contributed by atoms with Crippen molar-refractivity contribution in [3.8, 4) is 0 Å². The Hall–Kier alpha value is -2.96. The lowest BCUT2D eigenvalue weighted by Crippen LogP contribution is -2.01. The summed E-state index contributed by atoms with van der Waals surface area (Å²) in [6.45, 7) is 0. The van der Waals surface area contributed by atoms with E-state index in [1.807, 2.05) is 36.4 Å². The van der Waals surface area contributed by atoms with Crippen molar-refractivity contribution in [3.63, 3.8) is 0 Å². The second kappa shape index (κ2) is 6.88. The minimum Gasteiger partial charge on any atom is -0.456 e. The molecule has 0 aliphatic rings. The average molecular weight is 354 g/mol. The van der Waals surface area contributed by atoms with Crippen molar-refractivity contribution in [3.05, 3.63) is 89.1 Å². The molecule has 5 nitrogen and oxygen atoms in total. The lowest BCUT2D eigenvalue weighted by molar-refractivity contribution is 0.483. The van der Waals surface area contributed by atoms with E-state index in [-0.39, 0.29) is 10.3 Å². The summed E-state index contributed by atoms with van der Waals surface area (Å²) < 4.78 is 34.9. The van der Waals surface area contributed by atoms with E-state index in [1.54, 1.807) is 30.3 Å². The largest absolute Gasteiger partial charge is 0.456 e. The van der Waals surface area contributed by atoms with Crippen LogP contribution in [-0.4, -0.2) is 13.0 Å². The molecule has 1 N–H and O–H groups in total. The van der Waals surface area contributed by atoms with Gasteiger partial charge in [0.05, 0.1) is 15.7 Å². The van der Waals surface area contributed by atoms with Crippen molar-refractivity contribution < 1.29 is 17.4 Å². The molecule has 0 aliphatic carbocycles. The number of benzene rings is 3. The number of hydrogen-bond donors (Lipinski definition) is 1. The van der Waals surface area contributed by atoms with E-state index < -0.39 is 10.1 Å². The van der Waals surface area contributed by atoms with Crippen LogP contribution >= 0.6 is 0 Å². The number of hydrogen-bond acceptors (Lipinski definition) is 4. The summed E-state index contributed by atoms with van der Waals surface area (Å²) in [7, 11) is -4.00. The van der Waals surface area contributed by atoms with Crippen LogP contribution in [0.15, 0.2) is 93.0 Å². The monoisotopic (exact) mass is 354 g/mol. The summed E-state index contributed by atoms with van der Waals surface area (Å²) in [5, 5.41) is 1.27. The summed E-state index contributed by atoms with van der Waals surface area (Å²) in [5.41, 5.74) is 1.31. The van der Waals surface area contributed by atoms with Crippen LogP contribution in [0.1, 0.15) is 0 Å². The molecule has 0 unspecified atom stereocenters. The SMILES string of the molecule is O=S(=O)(O)c1ccccc1.O=c1c2ccccc2oc2ccccc12. The van der Waals surface area contributed by atoms with Gasteiger partial charge in [-0.2, -0.15) is 8.42 Å². The van der Waals surface area contributed by atoms with Crippen molar-refractivity contribution in [2.75, 3.05) is 0 Å². The van der Waals surface area contributed by atoms with Crippen LogP contribution < -0.4 is 5.43 Å². The first-order chi connectivity index (χ1) is 12.0. The van der Waals surface area contributed by atoms with Crippen LogP contribution in [0, 0.1) is 0 Å². The molecule has 0 atom stereocenters. The van der Waals surface area contributed by atoms with Crippen LogP contribution in [0.25, 0.3) is 21.9 Å². The molecule has 4 aromatic rings. The highest BCUT2D eigenvalue weighted by Gasteiger charge is 2.06. The molecule has 0 amide bonds. The van der Waals surface area contributed by atoms with Gasteiger partial charge in [-0.15, -0.1) is 0 Å². The van der Waals surface area contributed by atoms with Gasteiger partial charge in [0.1, 0.15) is 11.2 Å². The molecule has 0 saturated heterocycles. The Bertz CT molecular complexity index is 1120. The standard InChI is InChI=1S/C13H8O2.C6H6O3S/c14-13-9-5-1-3-7-11(9)15-12-8-4-2-6-10(12)13;7-10(8,9)6-4-2-1-3-5-6/h1-8H;1-5H,(H,7,8,9). The van der Waals surface area contributed by atoms with Gasteiger partial charge in [0, 0.05) is 0 Å². The third-order valence-electron chi connectivity index (χ3n) is 3.52. The highest BCUT2D eigenvalue weighted by atomic mass is 32.2. The zero-order chi connectivity index (χ0) is 17.9. The van der Waals surface area contributed by atoms with E-state index >= 15 is 0 Å². The molecule has 0 aliphatic heterocycles. The molecular weight excluding hydrogens is 340 g/mol. The third-order valence-corrected chi connectivity index (χ3v) is 4.39. The Morgan fingerprint density at radius 1 is 0.680 bits per heavy atom. The topological polar surface area (TPSA) is 84.6 Å². The molecule has 0 saturated carbocycles. The maximum Gasteiger partial charge on any atom is 0.294 e. The predicted octanol–water partition coefficient (Wildman–Crippen LogP) is 3.88. The molecule has 126 valence electrons. The Labute approximate surface area is 143 Å². The Balaban J connectivity index is 0.000000160. The van der Waals surface area contributed by atoms with Crippen molar-refractivity contribution in [1.29, 1.82) is 0 Å². The Kier molecular flexibility index (Phi) is 4.65. The van der Waals surface area contributed by atoms with E-state index in [0.717, 1.165) is 0 Å². The number of rotatable bonds is 1. The fourth-order valence-corrected chi connectivity index (χ4v) is 2.84. The van der Waals surface area contributed by atoms with E-state index in [0.29, 0.717) is 21.9 Å². The smallest absolute Gasteiger partial charge is 0.294 e. The molecule has 6 heteroatoms. The molecule has 0 fully saturated rings. The van der Waals surface area contributed by atoms with Gasteiger partial charge in [-0.3, -0.25) is 9.35 Å². The lowest BCUT2D eigenvalue weighted by atomic mass is 10.1. The van der Waals surface area contributed by atoms with E-state index in [4.69, 9.17) is 8.97 Å². The maximum absolute atomic E-state index is 12.0. The molecule has 1 heterocycles. The Morgan fingerprint density at radius 3 is 1.56 bits per heavy atom. The van der Waals surface area contributed by atoms with Gasteiger partial charge in [-0.1, -0.05) is 42.5 Å². The van der Waals surface area contributed by atoms with Crippen molar-refractivity contribution in [2.24, 2.45) is 0 Å². The van der Waals surface area contributed by atoms with Crippen molar-refractivity contribution in [2.45, 2.75) is 4.90 Å². The zero-order valence-corrected chi connectivity index (χ0v) is 13.8. The zero-order valence-electron chi connectivity index (χ0n) is 13.0. The van der Waals surface area contributed by atoms with Crippen molar-refractivity contribution in [1.82, 2.24) is 0 Å². The molecular formula is C19H14O5S. The molecule has 25 heavy (non-hydrogen) atoms. The predicted molar refractivity (Wildman–Crippen MR) is 96.2 cm³/mol. The van der Waals surface area contributed by atoms with Crippen LogP contribution in [0.4, 0.5) is 0 Å². The molecule has 0 radical (unpaired) electrons. The lowest BCUT2D eigenvalue weighted by Gasteiger charge is -1.99. The minimum absolute atomic E-state index is 0.0347. The van der Waals surface area contributed by atoms with Gasteiger partial charge in [-0.25, -0.2) is 0 Å². The van der Waals surface area contributed by atoms with E-state index in [2.05, 4.69) is 0 Å². The summed E-state index contributed by atoms with van der Waals surface area (Å²) in [6, 6.07) is 22.0. The van der Waals surface area contributed by atoms with Crippen molar-refractivity contribution >= 4 is 32.1 Å². The molecule has 1 aromatic heterocycles. The Morgan fingerprint density at radius 2 is 1.12 bits per heavy atom. The second-order valence-corrected chi connectivity index (χ2v) is 6.63. The highest BCUT2D eigenvalue weighted by Crippen LogP contribution is 2.17. The summed E-state index contributed by atoms with van der Waals surface area (Å²) >= 11 is 0. The van der Waals surface area contributed by atoms with E-state index in [1.165, 1.54) is 12.1 Å². The van der Waals surface area contributed by atoms with E-state index in [9.17, 15) is 13.2 Å². The van der Waals surface area contributed by atoms with Gasteiger partial charge in [0.25, 0.3) is 10.1 Å². The second-order valence-electron chi connectivity index (χ2n) is 5.21. The van der Waals surface area contributed by atoms with Gasteiger partial charge in [0.2, 0.25) is 5.43 Å². The quantitative estimate of drug-likeness (QED) is 0.414. The summed E-state index contributed by atoms with van der Waals surface area (Å²) in [4.78, 5) is 12.0. The van der Waals surface area contributed by atoms with Gasteiger partial charge in [-0.05, 0) is 36.4 Å². The van der Waals surface area contributed by atoms with Gasteiger partial charge in [0.15, 0.2) is 0 Å². The van der Waals surface area contributed by atoms with Gasteiger partial charge < -0.3 is 4.42 Å². The van der Waals surface area contributed by atoms with Crippen LogP contribution in [0.5, 0.6) is 0 Å². The van der Waals surface area contributed by atoms with Crippen LogP contribution in [0.3, 0.4) is 0 Å².